The summed E-state index contributed by atoms with van der Waals surface area (Å²) in [6, 6.07) is 9.68. The summed E-state index contributed by atoms with van der Waals surface area (Å²) in [4.78, 5) is 27.6. The van der Waals surface area contributed by atoms with E-state index in [4.69, 9.17) is 0 Å². The molecule has 1 unspecified atom stereocenters. The van der Waals surface area contributed by atoms with Crippen molar-refractivity contribution in [2.45, 2.75) is 25.8 Å². The second-order valence-corrected chi connectivity index (χ2v) is 6.11. The van der Waals surface area contributed by atoms with Crippen molar-refractivity contribution >= 4 is 5.91 Å². The van der Waals surface area contributed by atoms with E-state index in [-0.39, 0.29) is 11.9 Å². The molecule has 3 aromatic rings. The average molecular weight is 334 g/mol. The van der Waals surface area contributed by atoms with Gasteiger partial charge in [0.25, 0.3) is 5.91 Å². The molecule has 1 aromatic carbocycles. The van der Waals surface area contributed by atoms with Crippen LogP contribution >= 0.6 is 0 Å². The van der Waals surface area contributed by atoms with Crippen LogP contribution in [0.15, 0.2) is 42.7 Å². The Morgan fingerprint density at radius 1 is 1.20 bits per heavy atom. The van der Waals surface area contributed by atoms with Gasteiger partial charge >= 0.3 is 0 Å². The van der Waals surface area contributed by atoms with Gasteiger partial charge in [0.1, 0.15) is 11.5 Å². The molecular weight excluding hydrogens is 316 g/mol. The van der Waals surface area contributed by atoms with E-state index in [0.29, 0.717) is 23.9 Å². The Hall–Kier alpha value is -3.09. The molecule has 0 spiro atoms. The SMILES string of the molecule is Cc1cnc(C(=O)N2CCCC2c2nc(-c3ccccc3)n[nH]2)cn1. The molecule has 3 heterocycles. The van der Waals surface area contributed by atoms with Crippen LogP contribution in [-0.4, -0.2) is 42.5 Å². The molecule has 1 amide bonds. The van der Waals surface area contributed by atoms with Gasteiger partial charge in [-0.15, -0.1) is 0 Å². The number of aromatic nitrogens is 5. The summed E-state index contributed by atoms with van der Waals surface area (Å²) in [5, 5.41) is 7.31. The summed E-state index contributed by atoms with van der Waals surface area (Å²) >= 11 is 0. The fourth-order valence-corrected chi connectivity index (χ4v) is 3.08. The zero-order valence-corrected chi connectivity index (χ0v) is 13.9. The van der Waals surface area contributed by atoms with Crippen molar-refractivity contribution in [3.8, 4) is 11.4 Å². The minimum atomic E-state index is -0.118. The Kier molecular flexibility index (Phi) is 3.97. The van der Waals surface area contributed by atoms with Crippen molar-refractivity contribution in [1.29, 1.82) is 0 Å². The second-order valence-electron chi connectivity index (χ2n) is 6.11. The summed E-state index contributed by atoms with van der Waals surface area (Å²) in [6.07, 6.45) is 4.93. The monoisotopic (exact) mass is 334 g/mol. The molecule has 7 heteroatoms. The quantitative estimate of drug-likeness (QED) is 0.795. The Labute approximate surface area is 145 Å². The highest BCUT2D eigenvalue weighted by atomic mass is 16.2. The number of aryl methyl sites for hydroxylation is 1. The summed E-state index contributed by atoms with van der Waals surface area (Å²) in [6.45, 7) is 2.53. The van der Waals surface area contributed by atoms with Crippen LogP contribution in [0.5, 0.6) is 0 Å². The zero-order valence-electron chi connectivity index (χ0n) is 13.9. The number of benzene rings is 1. The highest BCUT2D eigenvalue weighted by molar-refractivity contribution is 5.92. The molecule has 7 nitrogen and oxygen atoms in total. The van der Waals surface area contributed by atoms with Crippen LogP contribution in [0.2, 0.25) is 0 Å². The third kappa shape index (κ3) is 3.00. The number of hydrogen-bond donors (Lipinski definition) is 1. The van der Waals surface area contributed by atoms with Crippen LogP contribution < -0.4 is 0 Å². The zero-order chi connectivity index (χ0) is 17.2. The minimum Gasteiger partial charge on any atom is -0.327 e. The number of aromatic amines is 1. The van der Waals surface area contributed by atoms with E-state index >= 15 is 0 Å². The molecule has 1 atom stereocenters. The molecule has 1 fully saturated rings. The smallest absolute Gasteiger partial charge is 0.274 e. The maximum Gasteiger partial charge on any atom is 0.274 e. The van der Waals surface area contributed by atoms with Crippen LogP contribution in [0.4, 0.5) is 0 Å². The number of carbonyl (C=O) groups is 1. The molecule has 25 heavy (non-hydrogen) atoms. The molecule has 1 N–H and O–H groups in total. The lowest BCUT2D eigenvalue weighted by molar-refractivity contribution is 0.0723. The fourth-order valence-electron chi connectivity index (χ4n) is 3.08. The van der Waals surface area contributed by atoms with E-state index in [2.05, 4.69) is 25.1 Å². The highest BCUT2D eigenvalue weighted by Crippen LogP contribution is 2.31. The summed E-state index contributed by atoms with van der Waals surface area (Å²) < 4.78 is 0. The van der Waals surface area contributed by atoms with Crippen molar-refractivity contribution in [3.05, 3.63) is 59.9 Å². The van der Waals surface area contributed by atoms with Crippen LogP contribution in [-0.2, 0) is 0 Å². The van der Waals surface area contributed by atoms with Crippen LogP contribution in [0.1, 0.15) is 40.9 Å². The largest absolute Gasteiger partial charge is 0.327 e. The molecule has 1 saturated heterocycles. The van der Waals surface area contributed by atoms with Gasteiger partial charge in [-0.25, -0.2) is 9.97 Å². The maximum absolute atomic E-state index is 12.8. The van der Waals surface area contributed by atoms with Crippen molar-refractivity contribution in [2.24, 2.45) is 0 Å². The molecule has 2 aromatic heterocycles. The van der Waals surface area contributed by atoms with Gasteiger partial charge in [0.05, 0.1) is 17.9 Å². The Morgan fingerprint density at radius 3 is 2.80 bits per heavy atom. The van der Waals surface area contributed by atoms with Gasteiger partial charge < -0.3 is 4.90 Å². The molecule has 1 aliphatic heterocycles. The molecular formula is C18H18N6O. The molecule has 126 valence electrons. The van der Waals surface area contributed by atoms with Crippen LogP contribution in [0.3, 0.4) is 0 Å². The lowest BCUT2D eigenvalue weighted by Gasteiger charge is -2.22. The lowest BCUT2D eigenvalue weighted by atomic mass is 10.2. The third-order valence-corrected chi connectivity index (χ3v) is 4.36. The molecule has 0 bridgehead atoms. The van der Waals surface area contributed by atoms with Crippen molar-refractivity contribution in [3.63, 3.8) is 0 Å². The van der Waals surface area contributed by atoms with Gasteiger partial charge in [-0.3, -0.25) is 14.9 Å². The first-order valence-electron chi connectivity index (χ1n) is 8.30. The standard InChI is InChI=1S/C18H18N6O/c1-12-10-20-14(11-19-12)18(25)24-9-5-8-15(24)17-21-16(22-23-17)13-6-3-2-4-7-13/h2-4,6-7,10-11,15H,5,8-9H2,1H3,(H,21,22,23). The molecule has 0 aliphatic carbocycles. The van der Waals surface area contributed by atoms with E-state index in [1.807, 2.05) is 37.3 Å². The van der Waals surface area contributed by atoms with Crippen LogP contribution in [0.25, 0.3) is 11.4 Å². The minimum absolute atomic E-state index is 0.111. The van der Waals surface area contributed by atoms with Crippen LogP contribution in [0, 0.1) is 6.92 Å². The van der Waals surface area contributed by atoms with Gasteiger partial charge in [-0.2, -0.15) is 5.10 Å². The normalized spacial score (nSPS) is 17.0. The Morgan fingerprint density at radius 2 is 2.04 bits per heavy atom. The second kappa shape index (κ2) is 6.43. The summed E-state index contributed by atoms with van der Waals surface area (Å²) in [5.74, 6) is 1.24. The number of nitrogens with one attached hydrogen (secondary N) is 1. The molecule has 0 radical (unpaired) electrons. The number of H-pyrrole nitrogens is 1. The van der Waals surface area contributed by atoms with E-state index in [9.17, 15) is 4.79 Å². The third-order valence-electron chi connectivity index (χ3n) is 4.36. The van der Waals surface area contributed by atoms with E-state index < -0.39 is 0 Å². The molecule has 4 rings (SSSR count). The maximum atomic E-state index is 12.8. The lowest BCUT2D eigenvalue weighted by Crippen LogP contribution is -2.31. The first-order valence-corrected chi connectivity index (χ1v) is 8.30. The summed E-state index contributed by atoms with van der Waals surface area (Å²) in [7, 11) is 0. The average Bonchev–Trinajstić information content (AvgIpc) is 3.32. The first-order chi connectivity index (χ1) is 12.2. The van der Waals surface area contributed by atoms with Gasteiger partial charge in [-0.05, 0) is 19.8 Å². The van der Waals surface area contributed by atoms with E-state index in [0.717, 1.165) is 24.1 Å². The number of nitrogens with zero attached hydrogens (tertiary/aromatic N) is 5. The number of hydrogen-bond acceptors (Lipinski definition) is 5. The molecule has 0 saturated carbocycles. The topological polar surface area (TPSA) is 87.7 Å². The van der Waals surface area contributed by atoms with E-state index in [1.165, 1.54) is 6.20 Å². The number of carbonyl (C=O) groups excluding carboxylic acids is 1. The Balaban J connectivity index is 1.58. The van der Waals surface area contributed by atoms with Gasteiger partial charge in [0.15, 0.2) is 5.82 Å². The first kappa shape index (κ1) is 15.4. The predicted molar refractivity (Wildman–Crippen MR) is 91.6 cm³/mol. The van der Waals surface area contributed by atoms with Crippen molar-refractivity contribution in [2.75, 3.05) is 6.54 Å². The number of likely N-dealkylation sites (tertiary alicyclic amines) is 1. The van der Waals surface area contributed by atoms with Gasteiger partial charge in [-0.1, -0.05) is 30.3 Å². The van der Waals surface area contributed by atoms with Crippen molar-refractivity contribution in [1.82, 2.24) is 30.0 Å². The highest BCUT2D eigenvalue weighted by Gasteiger charge is 2.33. The van der Waals surface area contributed by atoms with E-state index in [1.54, 1.807) is 11.1 Å². The number of rotatable bonds is 3. The number of amides is 1. The predicted octanol–water partition coefficient (Wildman–Crippen LogP) is 2.55. The molecule has 1 aliphatic rings. The van der Waals surface area contributed by atoms with Gasteiger partial charge in [0.2, 0.25) is 0 Å². The Bertz CT molecular complexity index is 874. The van der Waals surface area contributed by atoms with Crippen molar-refractivity contribution < 1.29 is 4.79 Å². The van der Waals surface area contributed by atoms with Gasteiger partial charge in [0, 0.05) is 18.3 Å². The fraction of sp³-hybridized carbons (Fsp3) is 0.278. The summed E-state index contributed by atoms with van der Waals surface area (Å²) in [5.41, 5.74) is 2.10.